The van der Waals surface area contributed by atoms with E-state index in [0.717, 1.165) is 40.1 Å². The topological polar surface area (TPSA) is 183 Å². The van der Waals surface area contributed by atoms with Crippen LogP contribution in [0.4, 0.5) is 0 Å². The van der Waals surface area contributed by atoms with Crippen molar-refractivity contribution in [1.29, 1.82) is 0 Å². The minimum atomic E-state index is 0.106. The molecule has 6 aromatic heterocycles. The largest absolute Gasteiger partial charge is 0.508 e. The molecule has 0 saturated heterocycles. The van der Waals surface area contributed by atoms with Crippen molar-refractivity contribution < 1.29 is 19.3 Å². The van der Waals surface area contributed by atoms with Crippen LogP contribution in [-0.4, -0.2) is 68.5 Å². The Labute approximate surface area is 308 Å². The van der Waals surface area contributed by atoms with Crippen molar-refractivity contribution in [3.8, 4) is 50.2 Å². The van der Waals surface area contributed by atoms with Crippen LogP contribution in [0.2, 0.25) is 0 Å². The number of halogens is 1. The number of rotatable bonds is 8. The highest BCUT2D eigenvalue weighted by molar-refractivity contribution is 9.10. The molecule has 0 aliphatic rings. The number of phenolic OH excluding ortho intramolecular Hbond substituents is 1. The van der Waals surface area contributed by atoms with Gasteiger partial charge in [0, 0.05) is 46.0 Å². The molecular weight excluding hydrogens is 756 g/mol. The second kappa shape index (κ2) is 16.5. The molecule has 0 spiro atoms. The minimum absolute atomic E-state index is 0.106. The van der Waals surface area contributed by atoms with Crippen LogP contribution in [0.1, 0.15) is 27.7 Å². The summed E-state index contributed by atoms with van der Waals surface area (Å²) in [4.78, 5) is 10.3. The zero-order chi connectivity index (χ0) is 35.7. The van der Waals surface area contributed by atoms with Gasteiger partial charge in [-0.3, -0.25) is 9.97 Å². The van der Waals surface area contributed by atoms with Gasteiger partial charge in [0.05, 0.1) is 37.6 Å². The molecule has 0 radical (unpaired) electrons. The molecule has 0 bridgehead atoms. The Bertz CT molecular complexity index is 2310. The summed E-state index contributed by atoms with van der Waals surface area (Å²) >= 11 is 6.58. The zero-order valence-electron chi connectivity index (χ0n) is 27.7. The lowest BCUT2D eigenvalue weighted by Crippen LogP contribution is -2.05. The summed E-state index contributed by atoms with van der Waals surface area (Å²) in [6, 6.07) is 18.4. The maximum atomic E-state index is 9.05. The number of aromatic hydroxyl groups is 1. The molecule has 260 valence electrons. The fourth-order valence-electron chi connectivity index (χ4n) is 4.54. The number of benzene rings is 2. The van der Waals surface area contributed by atoms with Gasteiger partial charge in [-0.2, -0.15) is 10.4 Å². The number of phenols is 1. The molecule has 3 N–H and O–H groups in total. The second-order valence-corrected chi connectivity index (χ2v) is 14.2. The van der Waals surface area contributed by atoms with Crippen molar-refractivity contribution in [3.05, 3.63) is 89.9 Å². The Balaban J connectivity index is 0.000000146. The van der Waals surface area contributed by atoms with E-state index < -0.39 is 0 Å². The average molecular weight is 788 g/mol. The summed E-state index contributed by atoms with van der Waals surface area (Å²) < 4.78 is 20.2. The first-order chi connectivity index (χ1) is 24.7. The molecule has 0 atom stereocenters. The normalized spacial score (nSPS) is 10.9. The van der Waals surface area contributed by atoms with Crippen LogP contribution in [0.25, 0.3) is 41.6 Å². The number of aromatic amines is 2. The first-order valence-electron chi connectivity index (χ1n) is 15.5. The molecule has 8 rings (SSSR count). The minimum Gasteiger partial charge on any atom is -0.508 e. The number of thiophene rings is 2. The van der Waals surface area contributed by atoms with E-state index in [2.05, 4.69) is 67.1 Å². The first-order valence-corrected chi connectivity index (χ1v) is 17.9. The number of nitrogens with zero attached hydrogens (tertiary/aromatic N) is 8. The summed E-state index contributed by atoms with van der Waals surface area (Å²) in [7, 11) is 0. The molecule has 0 amide bonds. The zero-order valence-corrected chi connectivity index (χ0v) is 30.9. The molecule has 0 unspecified atom stereocenters. The fourth-order valence-corrected chi connectivity index (χ4v) is 7.07. The number of pyridine rings is 2. The Hall–Kier alpha value is -5.52. The molecular formula is C34H31BrN10O4S2. The van der Waals surface area contributed by atoms with Crippen LogP contribution in [0.5, 0.6) is 28.7 Å². The maximum absolute atomic E-state index is 9.05. The summed E-state index contributed by atoms with van der Waals surface area (Å²) in [5, 5.41) is 39.1. The Morgan fingerprint density at radius 3 is 1.78 bits per heavy atom. The second-order valence-electron chi connectivity index (χ2n) is 11.2. The third-order valence-corrected chi connectivity index (χ3v) is 9.30. The predicted molar refractivity (Wildman–Crippen MR) is 199 cm³/mol. The van der Waals surface area contributed by atoms with Gasteiger partial charge in [-0.1, -0.05) is 12.1 Å². The van der Waals surface area contributed by atoms with Gasteiger partial charge in [0.25, 0.3) is 0 Å². The molecule has 0 fully saturated rings. The number of aromatic nitrogens is 10. The molecule has 51 heavy (non-hydrogen) atoms. The molecule has 0 aliphatic heterocycles. The molecule has 17 heteroatoms. The van der Waals surface area contributed by atoms with Crippen LogP contribution in [0, 0.1) is 0 Å². The summed E-state index contributed by atoms with van der Waals surface area (Å²) in [6.07, 6.45) is 7.36. The third kappa shape index (κ3) is 9.39. The van der Waals surface area contributed by atoms with E-state index in [1.807, 2.05) is 76.4 Å². The standard InChI is InChI=1S/C17H15N5O2S.C9H12O2.C8H4BrN5S/c1-10(2)23-11-4-3-5-12(6-11)24-14-8-18-9-16-13(14)7-15(25-16)17-19-21-22-20-17;1-7(2)11-9-5-3-4-8(10)6-9;9-5-2-10-3-7-4(5)1-6(15-7)8-11-13-14-12-8/h3-10H,1-2H3,(H,19,20,21,22);3-7,10H,1-2H3;1-3H,(H,11,12,13,14). The average Bonchev–Trinajstić information content (AvgIpc) is 3.92. The van der Waals surface area contributed by atoms with Gasteiger partial charge in [0.1, 0.15) is 23.0 Å². The lowest BCUT2D eigenvalue weighted by atomic mass is 10.2. The first kappa shape index (κ1) is 35.3. The maximum Gasteiger partial charge on any atom is 0.214 e. The van der Waals surface area contributed by atoms with Gasteiger partial charge < -0.3 is 19.3 Å². The molecule has 2 aromatic carbocycles. The summed E-state index contributed by atoms with van der Waals surface area (Å²) in [5.74, 6) is 4.25. The number of hydrogen-bond acceptors (Lipinski definition) is 14. The van der Waals surface area contributed by atoms with Crippen LogP contribution in [0.15, 0.2) is 89.9 Å². The van der Waals surface area contributed by atoms with Crippen LogP contribution < -0.4 is 14.2 Å². The SMILES string of the molecule is Brc1cncc2sc(-c3nn[nH]n3)cc12.CC(C)Oc1cccc(O)c1.CC(C)Oc1cccc(Oc2cncc3sc(-c4nn[nH]n4)cc23)c1. The van der Waals surface area contributed by atoms with Crippen molar-refractivity contribution in [1.82, 2.24) is 51.2 Å². The van der Waals surface area contributed by atoms with E-state index in [4.69, 9.17) is 19.3 Å². The van der Waals surface area contributed by atoms with Gasteiger partial charge in [-0.25, -0.2) is 0 Å². The highest BCUT2D eigenvalue weighted by Gasteiger charge is 2.13. The van der Waals surface area contributed by atoms with Crippen molar-refractivity contribution in [2.75, 3.05) is 0 Å². The Morgan fingerprint density at radius 1 is 0.667 bits per heavy atom. The fraction of sp³-hybridized carbons (Fsp3) is 0.176. The van der Waals surface area contributed by atoms with E-state index >= 15 is 0 Å². The van der Waals surface area contributed by atoms with Gasteiger partial charge >= 0.3 is 0 Å². The van der Waals surface area contributed by atoms with Crippen molar-refractivity contribution in [2.24, 2.45) is 0 Å². The quantitative estimate of drug-likeness (QED) is 0.134. The Kier molecular flexibility index (Phi) is 11.4. The summed E-state index contributed by atoms with van der Waals surface area (Å²) in [5.41, 5.74) is 0. The molecule has 14 nitrogen and oxygen atoms in total. The Morgan fingerprint density at radius 2 is 1.22 bits per heavy atom. The van der Waals surface area contributed by atoms with Crippen LogP contribution in [0.3, 0.4) is 0 Å². The third-order valence-electron chi connectivity index (χ3n) is 6.53. The lowest BCUT2D eigenvalue weighted by molar-refractivity contribution is 0.241. The van der Waals surface area contributed by atoms with E-state index in [-0.39, 0.29) is 18.0 Å². The molecule has 0 aliphatic carbocycles. The van der Waals surface area contributed by atoms with Gasteiger partial charge in [-0.05, 0) is 90.4 Å². The van der Waals surface area contributed by atoms with E-state index in [9.17, 15) is 0 Å². The highest BCUT2D eigenvalue weighted by atomic mass is 79.9. The van der Waals surface area contributed by atoms with Crippen LogP contribution >= 0.6 is 38.6 Å². The van der Waals surface area contributed by atoms with Crippen molar-refractivity contribution >= 4 is 58.8 Å². The van der Waals surface area contributed by atoms with Crippen molar-refractivity contribution in [3.63, 3.8) is 0 Å². The number of H-pyrrole nitrogens is 2. The summed E-state index contributed by atoms with van der Waals surface area (Å²) in [6.45, 7) is 7.88. The number of ether oxygens (including phenoxy) is 3. The van der Waals surface area contributed by atoms with Gasteiger partial charge in [0.15, 0.2) is 5.75 Å². The van der Waals surface area contributed by atoms with Crippen molar-refractivity contribution in [2.45, 2.75) is 39.9 Å². The van der Waals surface area contributed by atoms with Crippen LogP contribution in [-0.2, 0) is 0 Å². The molecule has 0 saturated carbocycles. The smallest absolute Gasteiger partial charge is 0.214 e. The van der Waals surface area contributed by atoms with E-state index in [1.54, 1.807) is 48.1 Å². The van der Waals surface area contributed by atoms with E-state index in [0.29, 0.717) is 28.9 Å². The number of nitrogens with one attached hydrogen (secondary N) is 2. The molecule has 6 heterocycles. The number of hydrogen-bond donors (Lipinski definition) is 3. The number of tetrazole rings is 2. The van der Waals surface area contributed by atoms with Gasteiger partial charge in [-0.15, -0.1) is 43.1 Å². The highest BCUT2D eigenvalue weighted by Crippen LogP contribution is 2.38. The predicted octanol–water partition coefficient (Wildman–Crippen LogP) is 8.47. The van der Waals surface area contributed by atoms with E-state index in [1.165, 1.54) is 11.3 Å². The number of fused-ring (bicyclic) bond motifs is 2. The molecule has 8 aromatic rings. The monoisotopic (exact) mass is 786 g/mol. The lowest BCUT2D eigenvalue weighted by Gasteiger charge is -2.11. The van der Waals surface area contributed by atoms with Gasteiger partial charge in [0.2, 0.25) is 11.6 Å².